The van der Waals surface area contributed by atoms with Crippen LogP contribution >= 0.6 is 0 Å². The molecule has 0 aliphatic carbocycles. The van der Waals surface area contributed by atoms with E-state index >= 15 is 0 Å². The summed E-state index contributed by atoms with van der Waals surface area (Å²) in [7, 11) is 0. The van der Waals surface area contributed by atoms with E-state index in [4.69, 9.17) is 9.84 Å². The first-order valence-corrected chi connectivity index (χ1v) is 6.24. The average molecular weight is 263 g/mol. The summed E-state index contributed by atoms with van der Waals surface area (Å²) in [5, 5.41) is 11.6. The number of carbonyl (C=O) groups is 2. The van der Waals surface area contributed by atoms with Crippen LogP contribution in [0.4, 0.5) is 5.69 Å². The molecule has 2 atom stereocenters. The van der Waals surface area contributed by atoms with Gasteiger partial charge in [0.2, 0.25) is 0 Å². The fourth-order valence-corrected chi connectivity index (χ4v) is 2.18. The topological polar surface area (TPSA) is 75.6 Å². The first-order valence-electron chi connectivity index (χ1n) is 6.24. The van der Waals surface area contributed by atoms with E-state index in [1.54, 1.807) is 0 Å². The monoisotopic (exact) mass is 263 g/mol. The number of carboxylic acid groups (broad SMARTS) is 1. The second-order valence-corrected chi connectivity index (χ2v) is 4.84. The standard InChI is InChI=1S/C14H17NO4/c1-8-3-4-10(9(2)7-8)15-13(16)11-5-6-12(19-11)14(17)18/h3-4,7,11-12H,5-6H2,1-2H3,(H,15,16)(H,17,18)/t11-,12+/m0/s1. The molecule has 1 aromatic rings. The van der Waals surface area contributed by atoms with Crippen LogP contribution in [0.1, 0.15) is 24.0 Å². The Morgan fingerprint density at radius 2 is 1.95 bits per heavy atom. The Morgan fingerprint density at radius 1 is 1.26 bits per heavy atom. The third kappa shape index (κ3) is 3.12. The van der Waals surface area contributed by atoms with Gasteiger partial charge in [-0.3, -0.25) is 4.79 Å². The van der Waals surface area contributed by atoms with E-state index in [2.05, 4.69) is 5.32 Å². The highest BCUT2D eigenvalue weighted by Gasteiger charge is 2.34. The van der Waals surface area contributed by atoms with Crippen LogP contribution in [0.15, 0.2) is 18.2 Å². The Balaban J connectivity index is 2.00. The summed E-state index contributed by atoms with van der Waals surface area (Å²) in [4.78, 5) is 22.8. The number of carboxylic acids is 1. The Labute approximate surface area is 111 Å². The van der Waals surface area contributed by atoms with Gasteiger partial charge >= 0.3 is 5.97 Å². The first kappa shape index (κ1) is 13.5. The molecule has 1 fully saturated rings. The number of rotatable bonds is 3. The molecular formula is C14H17NO4. The second-order valence-electron chi connectivity index (χ2n) is 4.84. The zero-order valence-corrected chi connectivity index (χ0v) is 11.0. The highest BCUT2D eigenvalue weighted by molar-refractivity contribution is 5.95. The molecule has 1 aliphatic heterocycles. The third-order valence-electron chi connectivity index (χ3n) is 3.23. The quantitative estimate of drug-likeness (QED) is 0.873. The van der Waals surface area contributed by atoms with Crippen molar-refractivity contribution in [2.75, 3.05) is 5.32 Å². The number of anilines is 1. The SMILES string of the molecule is Cc1ccc(NC(=O)[C@@H]2CC[C@H](C(=O)O)O2)c(C)c1. The molecule has 0 aromatic heterocycles. The van der Waals surface area contributed by atoms with Crippen molar-refractivity contribution in [1.29, 1.82) is 0 Å². The van der Waals surface area contributed by atoms with Gasteiger partial charge in [-0.05, 0) is 38.3 Å². The fourth-order valence-electron chi connectivity index (χ4n) is 2.18. The molecule has 1 aliphatic rings. The van der Waals surface area contributed by atoms with Crippen LogP contribution in [0.3, 0.4) is 0 Å². The van der Waals surface area contributed by atoms with E-state index in [9.17, 15) is 9.59 Å². The Kier molecular flexibility index (Phi) is 3.85. The molecule has 0 unspecified atom stereocenters. The normalized spacial score (nSPS) is 22.2. The molecule has 1 saturated heterocycles. The Morgan fingerprint density at radius 3 is 2.53 bits per heavy atom. The minimum absolute atomic E-state index is 0.282. The van der Waals surface area contributed by atoms with Gasteiger partial charge < -0.3 is 15.2 Å². The smallest absolute Gasteiger partial charge is 0.332 e. The number of carbonyl (C=O) groups excluding carboxylic acids is 1. The zero-order valence-electron chi connectivity index (χ0n) is 11.0. The number of aryl methyl sites for hydroxylation is 2. The van der Waals surface area contributed by atoms with Crippen molar-refractivity contribution < 1.29 is 19.4 Å². The average Bonchev–Trinajstić information content (AvgIpc) is 2.82. The summed E-state index contributed by atoms with van der Waals surface area (Å²) >= 11 is 0. The summed E-state index contributed by atoms with van der Waals surface area (Å²) in [6.07, 6.45) is -0.731. The molecule has 2 N–H and O–H groups in total. The number of amides is 1. The van der Waals surface area contributed by atoms with Crippen molar-refractivity contribution in [3.63, 3.8) is 0 Å². The molecule has 0 radical (unpaired) electrons. The van der Waals surface area contributed by atoms with Crippen molar-refractivity contribution in [2.45, 2.75) is 38.9 Å². The summed E-state index contributed by atoms with van der Waals surface area (Å²) in [6, 6.07) is 5.73. The maximum atomic E-state index is 12.0. The van der Waals surface area contributed by atoms with Crippen LogP contribution in [-0.2, 0) is 14.3 Å². The lowest BCUT2D eigenvalue weighted by molar-refractivity contribution is -0.150. The molecule has 19 heavy (non-hydrogen) atoms. The van der Waals surface area contributed by atoms with E-state index in [-0.39, 0.29) is 5.91 Å². The first-order chi connectivity index (χ1) is 8.97. The summed E-state index contributed by atoms with van der Waals surface area (Å²) in [5.41, 5.74) is 2.83. The molecule has 1 amide bonds. The number of ether oxygens (including phenoxy) is 1. The van der Waals surface area contributed by atoms with Gasteiger partial charge in [0.25, 0.3) is 5.91 Å². The number of benzene rings is 1. The van der Waals surface area contributed by atoms with Gasteiger partial charge in [0.15, 0.2) is 6.10 Å². The number of hydrogen-bond acceptors (Lipinski definition) is 3. The van der Waals surface area contributed by atoms with Crippen molar-refractivity contribution in [2.24, 2.45) is 0 Å². The van der Waals surface area contributed by atoms with Crippen LogP contribution < -0.4 is 5.32 Å². The largest absolute Gasteiger partial charge is 0.479 e. The Bertz CT molecular complexity index is 512. The van der Waals surface area contributed by atoms with Crippen LogP contribution in [0.25, 0.3) is 0 Å². The molecule has 1 heterocycles. The third-order valence-corrected chi connectivity index (χ3v) is 3.23. The minimum atomic E-state index is -1.01. The molecule has 1 aromatic carbocycles. The predicted octanol–water partition coefficient (Wildman–Crippen LogP) is 1.87. The maximum Gasteiger partial charge on any atom is 0.332 e. The number of aliphatic carboxylic acids is 1. The molecule has 0 spiro atoms. The van der Waals surface area contributed by atoms with Crippen LogP contribution in [0.2, 0.25) is 0 Å². The molecule has 102 valence electrons. The van der Waals surface area contributed by atoms with Gasteiger partial charge in [0.05, 0.1) is 0 Å². The van der Waals surface area contributed by atoms with E-state index in [1.165, 1.54) is 0 Å². The van der Waals surface area contributed by atoms with Crippen molar-refractivity contribution in [3.05, 3.63) is 29.3 Å². The molecule has 0 bridgehead atoms. The van der Waals surface area contributed by atoms with Gasteiger partial charge in [0.1, 0.15) is 6.10 Å². The number of nitrogens with one attached hydrogen (secondary N) is 1. The van der Waals surface area contributed by atoms with Crippen molar-refractivity contribution in [1.82, 2.24) is 0 Å². The highest BCUT2D eigenvalue weighted by Crippen LogP contribution is 2.22. The Hall–Kier alpha value is -1.88. The van der Waals surface area contributed by atoms with Gasteiger partial charge in [-0.2, -0.15) is 0 Å². The number of hydrogen-bond donors (Lipinski definition) is 2. The summed E-state index contributed by atoms with van der Waals surface area (Å²) in [5.74, 6) is -1.29. The minimum Gasteiger partial charge on any atom is -0.479 e. The maximum absolute atomic E-state index is 12.0. The van der Waals surface area contributed by atoms with Crippen LogP contribution in [-0.4, -0.2) is 29.2 Å². The highest BCUT2D eigenvalue weighted by atomic mass is 16.5. The zero-order chi connectivity index (χ0) is 14.0. The predicted molar refractivity (Wildman–Crippen MR) is 70.1 cm³/mol. The molecule has 5 nitrogen and oxygen atoms in total. The van der Waals surface area contributed by atoms with Gasteiger partial charge in [0, 0.05) is 5.69 Å². The molecular weight excluding hydrogens is 246 g/mol. The van der Waals surface area contributed by atoms with E-state index < -0.39 is 18.2 Å². The summed E-state index contributed by atoms with van der Waals surface area (Å²) in [6.45, 7) is 3.90. The summed E-state index contributed by atoms with van der Waals surface area (Å²) < 4.78 is 5.21. The van der Waals surface area contributed by atoms with Crippen molar-refractivity contribution >= 4 is 17.6 Å². The van der Waals surface area contributed by atoms with E-state index in [0.29, 0.717) is 12.8 Å². The van der Waals surface area contributed by atoms with Crippen LogP contribution in [0.5, 0.6) is 0 Å². The van der Waals surface area contributed by atoms with Gasteiger partial charge in [-0.1, -0.05) is 17.7 Å². The lowest BCUT2D eigenvalue weighted by Crippen LogP contribution is -2.30. The molecule has 0 saturated carbocycles. The van der Waals surface area contributed by atoms with Crippen LogP contribution in [0, 0.1) is 13.8 Å². The van der Waals surface area contributed by atoms with E-state index in [0.717, 1.165) is 16.8 Å². The fraction of sp³-hybridized carbons (Fsp3) is 0.429. The van der Waals surface area contributed by atoms with Gasteiger partial charge in [-0.15, -0.1) is 0 Å². The van der Waals surface area contributed by atoms with E-state index in [1.807, 2.05) is 32.0 Å². The lowest BCUT2D eigenvalue weighted by atomic mass is 10.1. The molecule has 2 rings (SSSR count). The van der Waals surface area contributed by atoms with Crippen molar-refractivity contribution in [3.8, 4) is 0 Å². The van der Waals surface area contributed by atoms with Gasteiger partial charge in [-0.25, -0.2) is 4.79 Å². The lowest BCUT2D eigenvalue weighted by Gasteiger charge is -2.13. The second kappa shape index (κ2) is 5.40. The molecule has 5 heteroatoms.